The molecule has 0 aromatic carbocycles. The number of halogens is 1. The summed E-state index contributed by atoms with van der Waals surface area (Å²) in [5, 5.41) is 0. The average Bonchev–Trinajstić information content (AvgIpc) is 2.38. The topological polar surface area (TPSA) is 0 Å². The Morgan fingerprint density at radius 3 is 1.61 bits per heavy atom. The van der Waals surface area contributed by atoms with Gasteiger partial charge in [0.2, 0.25) is 0 Å². The fourth-order valence-corrected chi connectivity index (χ4v) is 2.99. The Morgan fingerprint density at radius 2 is 1.11 bits per heavy atom. The maximum atomic E-state index is 2.49. The van der Waals surface area contributed by atoms with Crippen molar-refractivity contribution in [2.45, 2.75) is 97.3 Å². The van der Waals surface area contributed by atoms with Crippen LogP contribution in [0.3, 0.4) is 0 Å². The van der Waals surface area contributed by atoms with Crippen LogP contribution in [0.25, 0.3) is 0 Å². The highest BCUT2D eigenvalue weighted by Crippen LogP contribution is 2.17. The molecule has 0 aliphatic carbocycles. The van der Waals surface area contributed by atoms with Gasteiger partial charge in [-0.1, -0.05) is 107 Å². The molecule has 0 amide bonds. The van der Waals surface area contributed by atoms with Crippen molar-refractivity contribution in [3.8, 4) is 0 Å². The van der Waals surface area contributed by atoms with Crippen LogP contribution in [-0.4, -0.2) is 4.43 Å². The zero-order valence-corrected chi connectivity index (χ0v) is 15.0. The molecule has 0 aromatic rings. The smallest absolute Gasteiger partial charge is 0.000463 e. The van der Waals surface area contributed by atoms with E-state index in [0.29, 0.717) is 0 Å². The molecule has 0 spiro atoms. The maximum Gasteiger partial charge on any atom is -0.000463 e. The summed E-state index contributed by atoms with van der Waals surface area (Å²) in [7, 11) is 0. The lowest BCUT2D eigenvalue weighted by Gasteiger charge is -2.09. The van der Waals surface area contributed by atoms with Gasteiger partial charge in [-0.3, -0.25) is 0 Å². The van der Waals surface area contributed by atoms with Gasteiger partial charge in [-0.25, -0.2) is 0 Å². The molecule has 0 bridgehead atoms. The standard InChI is InChI=1S/C17H35I/c1-3-4-5-6-7-8-9-10-11-12-14-17(2)15-13-16-18/h17H,3-16H2,1-2H3/t17-/m1/s1. The Bertz CT molecular complexity index is 145. The minimum absolute atomic E-state index is 0.966. The first-order chi connectivity index (χ1) is 8.81. The van der Waals surface area contributed by atoms with Crippen LogP contribution in [0.4, 0.5) is 0 Å². The molecule has 110 valence electrons. The molecule has 0 unspecified atom stereocenters. The van der Waals surface area contributed by atoms with Crippen LogP contribution in [0, 0.1) is 5.92 Å². The molecule has 0 fully saturated rings. The monoisotopic (exact) mass is 366 g/mol. The summed E-state index contributed by atoms with van der Waals surface area (Å²) in [6.07, 6.45) is 18.9. The number of unbranched alkanes of at least 4 members (excludes halogenated alkanes) is 9. The van der Waals surface area contributed by atoms with Crippen LogP contribution in [0.5, 0.6) is 0 Å². The molecule has 0 aliphatic heterocycles. The van der Waals surface area contributed by atoms with Crippen molar-refractivity contribution in [2.24, 2.45) is 5.92 Å². The second kappa shape index (κ2) is 15.8. The van der Waals surface area contributed by atoms with Gasteiger partial charge in [0.15, 0.2) is 0 Å². The molecule has 18 heavy (non-hydrogen) atoms. The van der Waals surface area contributed by atoms with Gasteiger partial charge in [0.25, 0.3) is 0 Å². The highest BCUT2D eigenvalue weighted by molar-refractivity contribution is 14.1. The Hall–Kier alpha value is 0.730. The predicted molar refractivity (Wildman–Crippen MR) is 93.7 cm³/mol. The summed E-state index contributed by atoms with van der Waals surface area (Å²) in [6, 6.07) is 0. The predicted octanol–water partition coefficient (Wildman–Crippen LogP) is 7.15. The number of hydrogen-bond acceptors (Lipinski definition) is 0. The zero-order chi connectivity index (χ0) is 13.5. The van der Waals surface area contributed by atoms with Gasteiger partial charge in [-0.05, 0) is 23.2 Å². The van der Waals surface area contributed by atoms with E-state index < -0.39 is 0 Å². The van der Waals surface area contributed by atoms with Crippen LogP contribution >= 0.6 is 22.6 Å². The lowest BCUT2D eigenvalue weighted by Crippen LogP contribution is -1.95. The van der Waals surface area contributed by atoms with E-state index in [-0.39, 0.29) is 0 Å². The normalized spacial score (nSPS) is 12.8. The summed E-state index contributed by atoms with van der Waals surface area (Å²) in [4.78, 5) is 0. The summed E-state index contributed by atoms with van der Waals surface area (Å²) < 4.78 is 1.33. The van der Waals surface area contributed by atoms with E-state index in [1.807, 2.05) is 0 Å². The van der Waals surface area contributed by atoms with E-state index >= 15 is 0 Å². The van der Waals surface area contributed by atoms with Crippen molar-refractivity contribution >= 4 is 22.6 Å². The summed E-state index contributed by atoms with van der Waals surface area (Å²) >= 11 is 2.49. The van der Waals surface area contributed by atoms with Crippen molar-refractivity contribution in [3.05, 3.63) is 0 Å². The molecule has 0 nitrogen and oxygen atoms in total. The van der Waals surface area contributed by atoms with E-state index in [2.05, 4.69) is 36.4 Å². The lowest BCUT2D eigenvalue weighted by atomic mass is 9.98. The molecule has 0 rings (SSSR count). The molecule has 0 saturated heterocycles. The molecule has 0 radical (unpaired) electrons. The van der Waals surface area contributed by atoms with E-state index in [1.54, 1.807) is 0 Å². The van der Waals surface area contributed by atoms with Crippen LogP contribution in [0.15, 0.2) is 0 Å². The zero-order valence-electron chi connectivity index (χ0n) is 12.9. The average molecular weight is 366 g/mol. The van der Waals surface area contributed by atoms with Gasteiger partial charge in [0.05, 0.1) is 0 Å². The molecule has 0 aromatic heterocycles. The van der Waals surface area contributed by atoms with Crippen LogP contribution in [0.1, 0.15) is 97.3 Å². The SMILES string of the molecule is CCCCCCCCCCCC[C@@H](C)CCCI. The molecular formula is C17H35I. The van der Waals surface area contributed by atoms with Crippen molar-refractivity contribution in [1.82, 2.24) is 0 Å². The molecule has 0 saturated carbocycles. The first-order valence-electron chi connectivity index (χ1n) is 8.37. The Morgan fingerprint density at radius 1 is 0.667 bits per heavy atom. The lowest BCUT2D eigenvalue weighted by molar-refractivity contribution is 0.452. The van der Waals surface area contributed by atoms with Gasteiger partial charge < -0.3 is 0 Å². The second-order valence-corrected chi connectivity index (χ2v) is 6.99. The van der Waals surface area contributed by atoms with Gasteiger partial charge in [-0.2, -0.15) is 0 Å². The summed E-state index contributed by atoms with van der Waals surface area (Å²) in [6.45, 7) is 4.72. The number of rotatable bonds is 14. The quantitative estimate of drug-likeness (QED) is 0.174. The van der Waals surface area contributed by atoms with Gasteiger partial charge in [0.1, 0.15) is 0 Å². The summed E-state index contributed by atoms with van der Waals surface area (Å²) in [5.74, 6) is 0.966. The highest BCUT2D eigenvalue weighted by Gasteiger charge is 2.01. The second-order valence-electron chi connectivity index (χ2n) is 5.91. The van der Waals surface area contributed by atoms with Crippen molar-refractivity contribution in [2.75, 3.05) is 4.43 Å². The third-order valence-electron chi connectivity index (χ3n) is 3.88. The van der Waals surface area contributed by atoms with E-state index in [0.717, 1.165) is 5.92 Å². The van der Waals surface area contributed by atoms with Crippen LogP contribution in [-0.2, 0) is 0 Å². The minimum atomic E-state index is 0.966. The van der Waals surface area contributed by atoms with Gasteiger partial charge in [0, 0.05) is 0 Å². The first-order valence-corrected chi connectivity index (χ1v) is 9.89. The van der Waals surface area contributed by atoms with Gasteiger partial charge in [-0.15, -0.1) is 0 Å². The van der Waals surface area contributed by atoms with E-state index in [4.69, 9.17) is 0 Å². The van der Waals surface area contributed by atoms with E-state index in [9.17, 15) is 0 Å². The molecule has 0 N–H and O–H groups in total. The number of hydrogen-bond donors (Lipinski definition) is 0. The van der Waals surface area contributed by atoms with Crippen molar-refractivity contribution < 1.29 is 0 Å². The van der Waals surface area contributed by atoms with Crippen LogP contribution < -0.4 is 0 Å². The molecular weight excluding hydrogens is 331 g/mol. The van der Waals surface area contributed by atoms with Crippen molar-refractivity contribution in [1.29, 1.82) is 0 Å². The minimum Gasteiger partial charge on any atom is -0.0864 e. The highest BCUT2D eigenvalue weighted by atomic mass is 127. The molecule has 0 heterocycles. The third kappa shape index (κ3) is 14.8. The Labute approximate surface area is 130 Å². The van der Waals surface area contributed by atoms with Gasteiger partial charge >= 0.3 is 0 Å². The fraction of sp³-hybridized carbons (Fsp3) is 1.00. The number of alkyl halides is 1. The first kappa shape index (κ1) is 18.7. The third-order valence-corrected chi connectivity index (χ3v) is 4.64. The molecule has 0 aliphatic rings. The van der Waals surface area contributed by atoms with E-state index in [1.165, 1.54) is 87.9 Å². The fourth-order valence-electron chi connectivity index (χ4n) is 2.55. The molecule has 1 heteroatoms. The Balaban J connectivity index is 3.02. The largest absolute Gasteiger partial charge is 0.0864 e. The maximum absolute atomic E-state index is 2.49. The van der Waals surface area contributed by atoms with Crippen molar-refractivity contribution in [3.63, 3.8) is 0 Å². The van der Waals surface area contributed by atoms with Crippen LogP contribution in [0.2, 0.25) is 0 Å². The Kier molecular flexibility index (Phi) is 16.4. The molecule has 1 atom stereocenters. The summed E-state index contributed by atoms with van der Waals surface area (Å²) in [5.41, 5.74) is 0.